The van der Waals surface area contributed by atoms with Crippen LogP contribution in [0.25, 0.3) is 0 Å². The first-order valence-corrected chi connectivity index (χ1v) is 6.11. The third-order valence-electron chi connectivity index (χ3n) is 2.63. The van der Waals surface area contributed by atoms with Crippen LogP contribution in [0.1, 0.15) is 16.8 Å². The summed E-state index contributed by atoms with van der Waals surface area (Å²) >= 11 is 4.85. The van der Waals surface area contributed by atoms with Crippen molar-refractivity contribution in [1.82, 2.24) is 4.98 Å². The van der Waals surface area contributed by atoms with E-state index < -0.39 is 0 Å². The van der Waals surface area contributed by atoms with E-state index in [1.807, 2.05) is 0 Å². The van der Waals surface area contributed by atoms with Gasteiger partial charge in [-0.25, -0.2) is 4.39 Å². The number of nitrogens with zero attached hydrogens (tertiary/aromatic N) is 1. The summed E-state index contributed by atoms with van der Waals surface area (Å²) < 4.78 is 19.2. The van der Waals surface area contributed by atoms with Crippen molar-refractivity contribution in [2.75, 3.05) is 0 Å². The Kier molecular flexibility index (Phi) is 4.06. The number of halogens is 1. The molecule has 2 aromatic rings. The highest BCUT2D eigenvalue weighted by atomic mass is 32.1. The van der Waals surface area contributed by atoms with E-state index in [2.05, 4.69) is 4.98 Å². The van der Waals surface area contributed by atoms with Crippen LogP contribution in [0.2, 0.25) is 0 Å². The second kappa shape index (κ2) is 5.75. The molecule has 1 aromatic carbocycles. The maximum atomic E-state index is 13.7. The number of rotatable bonds is 4. The third-order valence-corrected chi connectivity index (χ3v) is 2.84. The van der Waals surface area contributed by atoms with Crippen molar-refractivity contribution >= 4 is 17.2 Å². The van der Waals surface area contributed by atoms with Crippen molar-refractivity contribution in [1.29, 1.82) is 0 Å². The molecule has 5 heteroatoms. The number of hydrogen-bond donors (Lipinski definition) is 1. The van der Waals surface area contributed by atoms with Crippen LogP contribution in [-0.4, -0.2) is 9.97 Å². The molecule has 3 nitrogen and oxygen atoms in total. The van der Waals surface area contributed by atoms with Crippen LogP contribution < -0.4 is 10.5 Å². The molecule has 0 aliphatic heterocycles. The van der Waals surface area contributed by atoms with Gasteiger partial charge in [0.25, 0.3) is 0 Å². The summed E-state index contributed by atoms with van der Waals surface area (Å²) in [6, 6.07) is 8.55. The molecule has 0 unspecified atom stereocenters. The fourth-order valence-electron chi connectivity index (χ4n) is 1.59. The normalized spacial score (nSPS) is 10.2. The molecule has 0 aliphatic rings. The van der Waals surface area contributed by atoms with E-state index in [1.54, 1.807) is 43.5 Å². The molecule has 1 heterocycles. The lowest BCUT2D eigenvalue weighted by Crippen LogP contribution is -2.12. The van der Waals surface area contributed by atoms with E-state index in [1.165, 1.54) is 0 Å². The van der Waals surface area contributed by atoms with Gasteiger partial charge in [-0.2, -0.15) is 0 Å². The van der Waals surface area contributed by atoms with E-state index in [0.29, 0.717) is 11.3 Å². The van der Waals surface area contributed by atoms with Crippen LogP contribution in [0, 0.1) is 12.7 Å². The van der Waals surface area contributed by atoms with Gasteiger partial charge in [-0.1, -0.05) is 24.4 Å². The maximum Gasteiger partial charge on any atom is 0.167 e. The smallest absolute Gasteiger partial charge is 0.167 e. The second-order valence-electron chi connectivity index (χ2n) is 4.09. The monoisotopic (exact) mass is 276 g/mol. The zero-order valence-electron chi connectivity index (χ0n) is 10.4. The van der Waals surface area contributed by atoms with Crippen molar-refractivity contribution in [3.8, 4) is 5.75 Å². The molecule has 0 atom stereocenters. The average Bonchev–Trinajstić information content (AvgIpc) is 2.41. The van der Waals surface area contributed by atoms with Gasteiger partial charge in [0.1, 0.15) is 11.6 Å². The first-order valence-electron chi connectivity index (χ1n) is 5.70. The zero-order valence-corrected chi connectivity index (χ0v) is 11.2. The first-order chi connectivity index (χ1) is 9.08. The zero-order chi connectivity index (χ0) is 13.8. The predicted octanol–water partition coefficient (Wildman–Crippen LogP) is 2.74. The Balaban J connectivity index is 2.12. The van der Waals surface area contributed by atoms with Gasteiger partial charge < -0.3 is 10.5 Å². The molecule has 0 bridgehead atoms. The maximum absolute atomic E-state index is 13.7. The number of thiocarbonyl (C=S) groups is 1. The molecule has 0 aliphatic carbocycles. The van der Waals surface area contributed by atoms with Gasteiger partial charge in [0, 0.05) is 6.20 Å². The van der Waals surface area contributed by atoms with Gasteiger partial charge >= 0.3 is 0 Å². The van der Waals surface area contributed by atoms with Crippen LogP contribution in [0.4, 0.5) is 4.39 Å². The molecule has 1 aromatic heterocycles. The number of aromatic nitrogens is 1. The minimum Gasteiger partial charge on any atom is -0.486 e. The van der Waals surface area contributed by atoms with E-state index >= 15 is 0 Å². The minimum absolute atomic E-state index is 0.226. The summed E-state index contributed by atoms with van der Waals surface area (Å²) in [5, 5.41) is 0. The Morgan fingerprint density at radius 3 is 2.95 bits per heavy atom. The molecule has 98 valence electrons. The van der Waals surface area contributed by atoms with Crippen molar-refractivity contribution in [2.24, 2.45) is 5.73 Å². The van der Waals surface area contributed by atoms with Crippen molar-refractivity contribution < 1.29 is 9.13 Å². The Morgan fingerprint density at radius 2 is 2.21 bits per heavy atom. The standard InChI is InChI=1S/C14H13FN2OS/c1-9-3-2-4-12(13(9)15)18-8-10-5-6-17-11(7-10)14(16)19/h2-7H,8H2,1H3,(H2,16,19). The van der Waals surface area contributed by atoms with E-state index in [-0.39, 0.29) is 23.2 Å². The number of nitrogens with two attached hydrogens (primary N) is 1. The van der Waals surface area contributed by atoms with Gasteiger partial charge in [-0.15, -0.1) is 0 Å². The van der Waals surface area contributed by atoms with Crippen LogP contribution in [0.5, 0.6) is 5.75 Å². The molecule has 0 spiro atoms. The van der Waals surface area contributed by atoms with Gasteiger partial charge in [0.15, 0.2) is 11.6 Å². The highest BCUT2D eigenvalue weighted by molar-refractivity contribution is 7.80. The fourth-order valence-corrected chi connectivity index (χ4v) is 1.70. The number of hydrogen-bond acceptors (Lipinski definition) is 3. The Morgan fingerprint density at radius 1 is 1.42 bits per heavy atom. The van der Waals surface area contributed by atoms with Crippen LogP contribution >= 0.6 is 12.2 Å². The molecule has 19 heavy (non-hydrogen) atoms. The molecular weight excluding hydrogens is 263 g/mol. The van der Waals surface area contributed by atoms with E-state index in [9.17, 15) is 4.39 Å². The molecule has 2 rings (SSSR count). The lowest BCUT2D eigenvalue weighted by atomic mass is 10.2. The van der Waals surface area contributed by atoms with Crippen LogP contribution in [0.15, 0.2) is 36.5 Å². The topological polar surface area (TPSA) is 48.1 Å². The quantitative estimate of drug-likeness (QED) is 0.872. The first kappa shape index (κ1) is 13.4. The molecule has 0 fully saturated rings. The van der Waals surface area contributed by atoms with Gasteiger partial charge in [0.2, 0.25) is 0 Å². The van der Waals surface area contributed by atoms with Gasteiger partial charge in [-0.05, 0) is 36.2 Å². The molecule has 0 saturated heterocycles. The summed E-state index contributed by atoms with van der Waals surface area (Å²) in [5.74, 6) is -0.111. The van der Waals surface area contributed by atoms with Gasteiger partial charge in [-0.3, -0.25) is 4.98 Å². The van der Waals surface area contributed by atoms with Crippen molar-refractivity contribution in [3.05, 3.63) is 59.2 Å². The number of pyridine rings is 1. The Hall–Kier alpha value is -2.01. The SMILES string of the molecule is Cc1cccc(OCc2ccnc(C(N)=S)c2)c1F. The van der Waals surface area contributed by atoms with Crippen LogP contribution in [0.3, 0.4) is 0 Å². The summed E-state index contributed by atoms with van der Waals surface area (Å²) in [7, 11) is 0. The lowest BCUT2D eigenvalue weighted by Gasteiger charge is -2.09. The summed E-state index contributed by atoms with van der Waals surface area (Å²) in [5.41, 5.74) is 7.41. The lowest BCUT2D eigenvalue weighted by molar-refractivity contribution is 0.289. The molecule has 0 saturated carbocycles. The molecule has 0 amide bonds. The third kappa shape index (κ3) is 3.26. The fraction of sp³-hybridized carbons (Fsp3) is 0.143. The molecular formula is C14H13FN2OS. The summed E-state index contributed by atoms with van der Waals surface area (Å²) in [6.07, 6.45) is 1.60. The average molecular weight is 276 g/mol. The van der Waals surface area contributed by atoms with Gasteiger partial charge in [0.05, 0.1) is 5.69 Å². The second-order valence-corrected chi connectivity index (χ2v) is 4.53. The van der Waals surface area contributed by atoms with Crippen molar-refractivity contribution in [2.45, 2.75) is 13.5 Å². The summed E-state index contributed by atoms with van der Waals surface area (Å²) in [6.45, 7) is 1.93. The number of benzene rings is 1. The number of aryl methyl sites for hydroxylation is 1. The highest BCUT2D eigenvalue weighted by Crippen LogP contribution is 2.20. The highest BCUT2D eigenvalue weighted by Gasteiger charge is 2.06. The van der Waals surface area contributed by atoms with Crippen LogP contribution in [-0.2, 0) is 6.61 Å². The van der Waals surface area contributed by atoms with E-state index in [4.69, 9.17) is 22.7 Å². The largest absolute Gasteiger partial charge is 0.486 e. The molecule has 2 N–H and O–H groups in total. The predicted molar refractivity (Wildman–Crippen MR) is 75.6 cm³/mol. The Bertz CT molecular complexity index is 616. The summed E-state index contributed by atoms with van der Waals surface area (Å²) in [4.78, 5) is 4.26. The number of ether oxygens (including phenoxy) is 1. The Labute approximate surface area is 116 Å². The van der Waals surface area contributed by atoms with Crippen molar-refractivity contribution in [3.63, 3.8) is 0 Å². The minimum atomic E-state index is -0.342. The molecule has 0 radical (unpaired) electrons. The van der Waals surface area contributed by atoms with E-state index in [0.717, 1.165) is 5.56 Å².